The molecule has 5 nitrogen and oxygen atoms in total. The summed E-state index contributed by atoms with van der Waals surface area (Å²) in [6, 6.07) is 9.64. The Balaban J connectivity index is 2.38. The number of amides is 2. The molecule has 1 aromatic carbocycles. The van der Waals surface area contributed by atoms with Crippen LogP contribution in [0.1, 0.15) is 12.5 Å². The number of carbonyl (C=O) groups is 2. The van der Waals surface area contributed by atoms with E-state index in [-0.39, 0.29) is 18.4 Å². The summed E-state index contributed by atoms with van der Waals surface area (Å²) < 4.78 is 4.91. The molecule has 0 heterocycles. The first-order chi connectivity index (χ1) is 9.13. The molecule has 0 bridgehead atoms. The lowest BCUT2D eigenvalue weighted by Crippen LogP contribution is -2.41. The summed E-state index contributed by atoms with van der Waals surface area (Å²) in [6.45, 7) is 2.82. The SMILES string of the molecule is COCCN(CC(=O)NCc1ccccc1)C(C)=O. The van der Waals surface area contributed by atoms with Gasteiger partial charge in [-0.3, -0.25) is 9.59 Å². The first-order valence-electron chi connectivity index (χ1n) is 6.18. The summed E-state index contributed by atoms with van der Waals surface area (Å²) in [7, 11) is 1.56. The van der Waals surface area contributed by atoms with Gasteiger partial charge in [-0.25, -0.2) is 0 Å². The van der Waals surface area contributed by atoms with E-state index in [1.807, 2.05) is 30.3 Å². The van der Waals surface area contributed by atoms with Crippen LogP contribution in [0.5, 0.6) is 0 Å². The van der Waals surface area contributed by atoms with Crippen molar-refractivity contribution in [3.63, 3.8) is 0 Å². The van der Waals surface area contributed by atoms with Crippen molar-refractivity contribution < 1.29 is 14.3 Å². The maximum absolute atomic E-state index is 11.7. The minimum absolute atomic E-state index is 0.0610. The molecule has 104 valence electrons. The minimum Gasteiger partial charge on any atom is -0.383 e. The van der Waals surface area contributed by atoms with Crippen molar-refractivity contribution in [2.45, 2.75) is 13.5 Å². The van der Waals surface area contributed by atoms with Crippen molar-refractivity contribution >= 4 is 11.8 Å². The molecular weight excluding hydrogens is 244 g/mol. The first kappa shape index (κ1) is 15.2. The minimum atomic E-state index is -0.171. The Morgan fingerprint density at radius 2 is 1.95 bits per heavy atom. The summed E-state index contributed by atoms with van der Waals surface area (Å²) in [5.41, 5.74) is 1.03. The molecular formula is C14H20N2O3. The van der Waals surface area contributed by atoms with Crippen molar-refractivity contribution in [1.82, 2.24) is 10.2 Å². The third kappa shape index (κ3) is 6.01. The van der Waals surface area contributed by atoms with Crippen molar-refractivity contribution in [1.29, 1.82) is 0 Å². The molecule has 0 aliphatic carbocycles. The molecule has 0 saturated carbocycles. The van der Waals surface area contributed by atoms with Gasteiger partial charge in [-0.2, -0.15) is 0 Å². The highest BCUT2D eigenvalue weighted by atomic mass is 16.5. The molecule has 0 atom stereocenters. The van der Waals surface area contributed by atoms with Crippen LogP contribution in [0.25, 0.3) is 0 Å². The number of benzene rings is 1. The molecule has 0 fully saturated rings. The van der Waals surface area contributed by atoms with Gasteiger partial charge in [-0.1, -0.05) is 30.3 Å². The lowest BCUT2D eigenvalue weighted by atomic mass is 10.2. The smallest absolute Gasteiger partial charge is 0.239 e. The van der Waals surface area contributed by atoms with Crippen LogP contribution in [0.15, 0.2) is 30.3 Å². The molecule has 0 spiro atoms. The quantitative estimate of drug-likeness (QED) is 0.792. The molecule has 0 aromatic heterocycles. The van der Waals surface area contributed by atoms with Gasteiger partial charge in [0.25, 0.3) is 0 Å². The normalized spacial score (nSPS) is 10.0. The maximum Gasteiger partial charge on any atom is 0.239 e. The van der Waals surface area contributed by atoms with Crippen LogP contribution in [-0.2, 0) is 20.9 Å². The average Bonchev–Trinajstić information content (AvgIpc) is 2.42. The number of rotatable bonds is 7. The first-order valence-corrected chi connectivity index (χ1v) is 6.18. The van der Waals surface area contributed by atoms with Crippen LogP contribution < -0.4 is 5.32 Å². The van der Waals surface area contributed by atoms with Gasteiger partial charge in [0, 0.05) is 27.1 Å². The van der Waals surface area contributed by atoms with Gasteiger partial charge < -0.3 is 15.0 Å². The lowest BCUT2D eigenvalue weighted by molar-refractivity contribution is -0.135. The molecule has 0 unspecified atom stereocenters. The molecule has 0 saturated heterocycles. The van der Waals surface area contributed by atoms with E-state index >= 15 is 0 Å². The average molecular weight is 264 g/mol. The number of hydrogen-bond donors (Lipinski definition) is 1. The van der Waals surface area contributed by atoms with Gasteiger partial charge in [0.1, 0.15) is 0 Å². The Morgan fingerprint density at radius 3 is 2.53 bits per heavy atom. The van der Waals surface area contributed by atoms with Gasteiger partial charge >= 0.3 is 0 Å². The molecule has 2 amide bonds. The van der Waals surface area contributed by atoms with Gasteiger partial charge in [-0.15, -0.1) is 0 Å². The second-order valence-electron chi connectivity index (χ2n) is 4.20. The van der Waals surface area contributed by atoms with Gasteiger partial charge in [0.2, 0.25) is 11.8 Å². The van der Waals surface area contributed by atoms with Crippen LogP contribution in [0.3, 0.4) is 0 Å². The van der Waals surface area contributed by atoms with E-state index in [0.29, 0.717) is 19.7 Å². The Bertz CT molecular complexity index is 406. The highest BCUT2D eigenvalue weighted by molar-refractivity contribution is 5.83. The summed E-state index contributed by atoms with van der Waals surface area (Å²) in [6.07, 6.45) is 0. The van der Waals surface area contributed by atoms with Gasteiger partial charge in [-0.05, 0) is 5.56 Å². The fraction of sp³-hybridized carbons (Fsp3) is 0.429. The van der Waals surface area contributed by atoms with E-state index in [1.165, 1.54) is 11.8 Å². The highest BCUT2D eigenvalue weighted by Crippen LogP contribution is 1.97. The van der Waals surface area contributed by atoms with Crippen LogP contribution in [0.4, 0.5) is 0 Å². The van der Waals surface area contributed by atoms with E-state index < -0.39 is 0 Å². The largest absolute Gasteiger partial charge is 0.383 e. The zero-order valence-corrected chi connectivity index (χ0v) is 11.4. The molecule has 1 rings (SSSR count). The number of nitrogens with one attached hydrogen (secondary N) is 1. The molecule has 19 heavy (non-hydrogen) atoms. The number of hydrogen-bond acceptors (Lipinski definition) is 3. The fourth-order valence-corrected chi connectivity index (χ4v) is 1.58. The second-order valence-corrected chi connectivity index (χ2v) is 4.20. The zero-order valence-electron chi connectivity index (χ0n) is 11.4. The summed E-state index contributed by atoms with van der Waals surface area (Å²) in [4.78, 5) is 24.6. The number of methoxy groups -OCH3 is 1. The Morgan fingerprint density at radius 1 is 1.26 bits per heavy atom. The Kier molecular flexibility index (Phi) is 6.60. The molecule has 0 aliphatic rings. The Labute approximate surface area is 113 Å². The van der Waals surface area contributed by atoms with Crippen molar-refractivity contribution in [3.8, 4) is 0 Å². The van der Waals surface area contributed by atoms with Gasteiger partial charge in [0.15, 0.2) is 0 Å². The molecule has 0 aliphatic heterocycles. The van der Waals surface area contributed by atoms with E-state index in [1.54, 1.807) is 7.11 Å². The van der Waals surface area contributed by atoms with E-state index in [2.05, 4.69) is 5.32 Å². The van der Waals surface area contributed by atoms with Crippen LogP contribution >= 0.6 is 0 Å². The summed E-state index contributed by atoms with van der Waals surface area (Å²) in [5.74, 6) is -0.304. The topological polar surface area (TPSA) is 58.6 Å². The highest BCUT2D eigenvalue weighted by Gasteiger charge is 2.12. The van der Waals surface area contributed by atoms with Crippen LogP contribution in [-0.4, -0.2) is 43.5 Å². The van der Waals surface area contributed by atoms with Crippen LogP contribution in [0.2, 0.25) is 0 Å². The predicted molar refractivity (Wildman–Crippen MR) is 72.4 cm³/mol. The Hall–Kier alpha value is -1.88. The van der Waals surface area contributed by atoms with Crippen molar-refractivity contribution in [2.24, 2.45) is 0 Å². The van der Waals surface area contributed by atoms with E-state index in [4.69, 9.17) is 4.74 Å². The monoisotopic (exact) mass is 264 g/mol. The third-order valence-corrected chi connectivity index (χ3v) is 2.68. The fourth-order valence-electron chi connectivity index (χ4n) is 1.58. The second kappa shape index (κ2) is 8.26. The van der Waals surface area contributed by atoms with Crippen molar-refractivity contribution in [3.05, 3.63) is 35.9 Å². The van der Waals surface area contributed by atoms with Crippen LogP contribution in [0, 0.1) is 0 Å². The van der Waals surface area contributed by atoms with E-state index in [9.17, 15) is 9.59 Å². The standard InChI is InChI=1S/C14H20N2O3/c1-12(17)16(8-9-19-2)11-14(18)15-10-13-6-4-3-5-7-13/h3-7H,8-11H2,1-2H3,(H,15,18). The lowest BCUT2D eigenvalue weighted by Gasteiger charge is -2.20. The summed E-state index contributed by atoms with van der Waals surface area (Å²) in [5, 5.41) is 2.79. The third-order valence-electron chi connectivity index (χ3n) is 2.68. The number of nitrogens with zero attached hydrogens (tertiary/aromatic N) is 1. The molecule has 0 radical (unpaired) electrons. The zero-order chi connectivity index (χ0) is 14.1. The maximum atomic E-state index is 11.7. The number of carbonyl (C=O) groups excluding carboxylic acids is 2. The van der Waals surface area contributed by atoms with Gasteiger partial charge in [0.05, 0.1) is 13.2 Å². The molecule has 5 heteroatoms. The summed E-state index contributed by atoms with van der Waals surface area (Å²) >= 11 is 0. The van der Waals surface area contributed by atoms with Crippen molar-refractivity contribution in [2.75, 3.05) is 26.8 Å². The van der Waals surface area contributed by atoms with E-state index in [0.717, 1.165) is 5.56 Å². The predicted octanol–water partition coefficient (Wildman–Crippen LogP) is 0.798. The number of ether oxygens (including phenoxy) is 1. The molecule has 1 N–H and O–H groups in total. The molecule has 1 aromatic rings.